The van der Waals surface area contributed by atoms with E-state index < -0.39 is 0 Å². The number of carbonyl (C=O) groups excluding carboxylic acids is 2. The molecular formula is C16H22O4S. The lowest BCUT2D eigenvalue weighted by Gasteiger charge is -2.36. The van der Waals surface area contributed by atoms with Crippen LogP contribution in [0.3, 0.4) is 0 Å². The molecule has 1 aromatic rings. The Balaban J connectivity index is 1.91. The number of hydrogen-bond donors (Lipinski definition) is 0. The average molecular weight is 310 g/mol. The summed E-state index contributed by atoms with van der Waals surface area (Å²) < 4.78 is 10.1. The lowest BCUT2D eigenvalue weighted by Crippen LogP contribution is -2.35. The van der Waals surface area contributed by atoms with E-state index in [0.717, 1.165) is 24.1 Å². The molecule has 116 valence electrons. The molecule has 1 aliphatic rings. The second-order valence-electron chi connectivity index (χ2n) is 6.19. The first-order valence-electron chi connectivity index (χ1n) is 7.26. The minimum absolute atomic E-state index is 0.0158. The summed E-state index contributed by atoms with van der Waals surface area (Å²) in [5, 5.41) is 1.72. The summed E-state index contributed by atoms with van der Waals surface area (Å²) >= 11 is 1.40. The van der Waals surface area contributed by atoms with E-state index in [9.17, 15) is 9.59 Å². The van der Waals surface area contributed by atoms with Gasteiger partial charge in [0.05, 0.1) is 18.6 Å². The molecule has 0 saturated heterocycles. The molecule has 0 aliphatic heterocycles. The van der Waals surface area contributed by atoms with E-state index >= 15 is 0 Å². The van der Waals surface area contributed by atoms with Gasteiger partial charge in [-0.1, -0.05) is 26.7 Å². The van der Waals surface area contributed by atoms with Gasteiger partial charge in [-0.05, 0) is 24.3 Å². The van der Waals surface area contributed by atoms with Crippen LogP contribution in [-0.2, 0) is 20.9 Å². The molecule has 0 spiro atoms. The summed E-state index contributed by atoms with van der Waals surface area (Å²) in [6.45, 7) is 4.50. The van der Waals surface area contributed by atoms with Gasteiger partial charge < -0.3 is 9.47 Å². The minimum atomic E-state index is -0.364. The van der Waals surface area contributed by atoms with Crippen molar-refractivity contribution in [2.45, 2.75) is 46.1 Å². The first-order chi connectivity index (χ1) is 9.94. The molecule has 4 nitrogen and oxygen atoms in total. The molecule has 1 atom stereocenters. The van der Waals surface area contributed by atoms with Crippen molar-refractivity contribution in [2.24, 2.45) is 11.3 Å². The maximum atomic E-state index is 12.3. The number of rotatable bonds is 4. The van der Waals surface area contributed by atoms with Crippen molar-refractivity contribution < 1.29 is 19.1 Å². The Morgan fingerprint density at radius 3 is 2.81 bits per heavy atom. The van der Waals surface area contributed by atoms with E-state index in [4.69, 9.17) is 4.74 Å². The molecule has 2 rings (SSSR count). The molecule has 1 aliphatic carbocycles. The molecule has 1 heterocycles. The van der Waals surface area contributed by atoms with Crippen molar-refractivity contribution in [3.05, 3.63) is 21.9 Å². The number of carbonyl (C=O) groups is 2. The molecule has 0 amide bonds. The lowest BCUT2D eigenvalue weighted by atomic mass is 9.69. The number of hydrogen-bond acceptors (Lipinski definition) is 5. The van der Waals surface area contributed by atoms with Crippen molar-refractivity contribution >= 4 is 23.3 Å². The Kier molecular flexibility index (Phi) is 5.04. The van der Waals surface area contributed by atoms with E-state index in [0.29, 0.717) is 5.56 Å². The molecule has 21 heavy (non-hydrogen) atoms. The van der Waals surface area contributed by atoms with Gasteiger partial charge in [-0.2, -0.15) is 0 Å². The number of esters is 2. The Hall–Kier alpha value is -1.36. The highest BCUT2D eigenvalue weighted by atomic mass is 32.1. The quantitative estimate of drug-likeness (QED) is 0.794. The van der Waals surface area contributed by atoms with E-state index in [2.05, 4.69) is 18.6 Å². The highest BCUT2D eigenvalue weighted by Gasteiger charge is 2.38. The summed E-state index contributed by atoms with van der Waals surface area (Å²) in [4.78, 5) is 24.5. The molecule has 5 heteroatoms. The highest BCUT2D eigenvalue weighted by molar-refractivity contribution is 7.10. The molecule has 1 fully saturated rings. The van der Waals surface area contributed by atoms with Crippen molar-refractivity contribution in [1.29, 1.82) is 0 Å². The largest absolute Gasteiger partial charge is 0.465 e. The Bertz CT molecular complexity index is 518. The molecule has 0 radical (unpaired) electrons. The summed E-state index contributed by atoms with van der Waals surface area (Å²) in [7, 11) is 1.35. The second-order valence-corrected chi connectivity index (χ2v) is 7.18. The van der Waals surface area contributed by atoms with Gasteiger partial charge in [0.25, 0.3) is 0 Å². The molecule has 1 unspecified atom stereocenters. The van der Waals surface area contributed by atoms with Crippen molar-refractivity contribution in [3.8, 4) is 0 Å². The predicted molar refractivity (Wildman–Crippen MR) is 81.2 cm³/mol. The fourth-order valence-electron chi connectivity index (χ4n) is 2.86. The van der Waals surface area contributed by atoms with Gasteiger partial charge in [0.1, 0.15) is 6.61 Å². The summed E-state index contributed by atoms with van der Waals surface area (Å²) in [6.07, 6.45) is 4.25. The first-order valence-corrected chi connectivity index (χ1v) is 8.14. The minimum Gasteiger partial charge on any atom is -0.465 e. The summed E-state index contributed by atoms with van der Waals surface area (Å²) in [6, 6.07) is 1.72. The third-order valence-corrected chi connectivity index (χ3v) is 5.13. The predicted octanol–water partition coefficient (Wildman–Crippen LogP) is 3.79. The van der Waals surface area contributed by atoms with Crippen LogP contribution in [0, 0.1) is 11.3 Å². The second kappa shape index (κ2) is 6.60. The van der Waals surface area contributed by atoms with Gasteiger partial charge in [-0.25, -0.2) is 4.79 Å². The van der Waals surface area contributed by atoms with Crippen LogP contribution >= 0.6 is 11.3 Å². The Morgan fingerprint density at radius 1 is 1.38 bits per heavy atom. The summed E-state index contributed by atoms with van der Waals surface area (Å²) in [5.41, 5.74) is 0.522. The van der Waals surface area contributed by atoms with Crippen LogP contribution in [-0.4, -0.2) is 19.0 Å². The topological polar surface area (TPSA) is 52.6 Å². The smallest absolute Gasteiger partial charge is 0.338 e. The van der Waals surface area contributed by atoms with Crippen LogP contribution < -0.4 is 0 Å². The fourth-order valence-corrected chi connectivity index (χ4v) is 3.62. The Labute approximate surface area is 129 Å². The highest BCUT2D eigenvalue weighted by Crippen LogP contribution is 2.41. The summed E-state index contributed by atoms with van der Waals surface area (Å²) in [5.74, 6) is -0.503. The van der Waals surface area contributed by atoms with Gasteiger partial charge in [-0.3, -0.25) is 4.79 Å². The van der Waals surface area contributed by atoms with E-state index in [1.54, 1.807) is 11.4 Å². The molecule has 1 aromatic heterocycles. The van der Waals surface area contributed by atoms with Gasteiger partial charge in [0, 0.05) is 10.3 Å². The fraction of sp³-hybridized carbons (Fsp3) is 0.625. The SMILES string of the molecule is COC(=O)c1csc(COC(=O)C2CCCCC2(C)C)c1. The van der Waals surface area contributed by atoms with Crippen LogP contribution in [0.15, 0.2) is 11.4 Å². The third kappa shape index (κ3) is 3.84. The number of methoxy groups -OCH3 is 1. The van der Waals surface area contributed by atoms with E-state index in [1.165, 1.54) is 24.9 Å². The molecule has 0 bridgehead atoms. The number of ether oxygens (including phenoxy) is 2. The van der Waals surface area contributed by atoms with Crippen LogP contribution in [0.4, 0.5) is 0 Å². The van der Waals surface area contributed by atoms with Gasteiger partial charge in [-0.15, -0.1) is 11.3 Å². The lowest BCUT2D eigenvalue weighted by molar-refractivity contribution is -0.155. The van der Waals surface area contributed by atoms with Crippen LogP contribution in [0.5, 0.6) is 0 Å². The molecule has 0 aromatic carbocycles. The van der Waals surface area contributed by atoms with Crippen molar-refractivity contribution in [1.82, 2.24) is 0 Å². The van der Waals surface area contributed by atoms with Gasteiger partial charge in [0.15, 0.2) is 0 Å². The molecule has 1 saturated carbocycles. The standard InChI is InChI=1S/C16H22O4S/c1-16(2)7-5-4-6-13(16)15(18)20-9-12-8-11(10-21-12)14(17)19-3/h8,10,13H,4-7,9H2,1-3H3. The average Bonchev–Trinajstić information content (AvgIpc) is 2.92. The van der Waals surface area contributed by atoms with Gasteiger partial charge in [0.2, 0.25) is 0 Å². The van der Waals surface area contributed by atoms with Gasteiger partial charge >= 0.3 is 11.9 Å². The van der Waals surface area contributed by atoms with Crippen molar-refractivity contribution in [2.75, 3.05) is 7.11 Å². The van der Waals surface area contributed by atoms with E-state index in [-0.39, 0.29) is 29.9 Å². The van der Waals surface area contributed by atoms with Crippen LogP contribution in [0.2, 0.25) is 0 Å². The zero-order valence-corrected chi connectivity index (χ0v) is 13.6. The third-order valence-electron chi connectivity index (χ3n) is 4.22. The first kappa shape index (κ1) is 16.0. The van der Waals surface area contributed by atoms with Crippen molar-refractivity contribution in [3.63, 3.8) is 0 Å². The molecular weight excluding hydrogens is 288 g/mol. The molecule has 0 N–H and O–H groups in total. The maximum absolute atomic E-state index is 12.3. The maximum Gasteiger partial charge on any atom is 0.338 e. The Morgan fingerprint density at radius 2 is 2.14 bits per heavy atom. The number of thiophene rings is 1. The zero-order valence-electron chi connectivity index (χ0n) is 12.8. The zero-order chi connectivity index (χ0) is 15.5. The van der Waals surface area contributed by atoms with E-state index in [1.807, 2.05) is 0 Å². The van der Waals surface area contributed by atoms with Crippen LogP contribution in [0.1, 0.15) is 54.8 Å². The monoisotopic (exact) mass is 310 g/mol. The van der Waals surface area contributed by atoms with Crippen LogP contribution in [0.25, 0.3) is 0 Å². The normalized spacial score (nSPS) is 20.8.